The standard InChI is InChI=1S/C15H17Cl2N3/c1-4-5-18-14-9(2)10(3)19-15(20-14)11-6-12(16)8-13(17)7-11/h6-8H,4-5H2,1-3H3,(H,18,19,20). The van der Waals surface area contributed by atoms with Gasteiger partial charge in [0.15, 0.2) is 5.82 Å². The molecular formula is C15H17Cl2N3. The monoisotopic (exact) mass is 309 g/mol. The minimum atomic E-state index is 0.581. The molecule has 1 aromatic heterocycles. The zero-order valence-corrected chi connectivity index (χ0v) is 13.3. The molecule has 0 spiro atoms. The lowest BCUT2D eigenvalue weighted by Crippen LogP contribution is -2.07. The van der Waals surface area contributed by atoms with E-state index in [1.54, 1.807) is 6.07 Å². The van der Waals surface area contributed by atoms with Crippen molar-refractivity contribution in [3.63, 3.8) is 0 Å². The van der Waals surface area contributed by atoms with E-state index in [0.717, 1.165) is 35.6 Å². The highest BCUT2D eigenvalue weighted by molar-refractivity contribution is 6.35. The van der Waals surface area contributed by atoms with Gasteiger partial charge in [-0.1, -0.05) is 30.1 Å². The fraction of sp³-hybridized carbons (Fsp3) is 0.333. The van der Waals surface area contributed by atoms with Crippen LogP contribution in [0.15, 0.2) is 18.2 Å². The lowest BCUT2D eigenvalue weighted by atomic mass is 10.2. The van der Waals surface area contributed by atoms with Crippen molar-refractivity contribution in [2.45, 2.75) is 27.2 Å². The zero-order valence-electron chi connectivity index (χ0n) is 11.8. The Labute approximate surface area is 129 Å². The smallest absolute Gasteiger partial charge is 0.161 e. The normalized spacial score (nSPS) is 10.7. The molecule has 0 saturated heterocycles. The quantitative estimate of drug-likeness (QED) is 0.873. The number of aromatic nitrogens is 2. The average Bonchev–Trinajstić information content (AvgIpc) is 2.39. The van der Waals surface area contributed by atoms with E-state index in [1.807, 2.05) is 26.0 Å². The molecular weight excluding hydrogens is 293 g/mol. The van der Waals surface area contributed by atoms with Crippen molar-refractivity contribution in [1.29, 1.82) is 0 Å². The minimum Gasteiger partial charge on any atom is -0.370 e. The van der Waals surface area contributed by atoms with Gasteiger partial charge >= 0.3 is 0 Å². The molecule has 0 amide bonds. The molecule has 5 heteroatoms. The summed E-state index contributed by atoms with van der Waals surface area (Å²) in [4.78, 5) is 9.11. The van der Waals surface area contributed by atoms with Crippen molar-refractivity contribution in [3.8, 4) is 11.4 Å². The lowest BCUT2D eigenvalue weighted by molar-refractivity contribution is 0.955. The molecule has 1 N–H and O–H groups in total. The van der Waals surface area contributed by atoms with Crippen molar-refractivity contribution >= 4 is 29.0 Å². The SMILES string of the molecule is CCCNc1nc(-c2cc(Cl)cc(Cl)c2)nc(C)c1C. The molecule has 0 saturated carbocycles. The highest BCUT2D eigenvalue weighted by Gasteiger charge is 2.10. The van der Waals surface area contributed by atoms with Crippen LogP contribution in [0.5, 0.6) is 0 Å². The van der Waals surface area contributed by atoms with Crippen LogP contribution >= 0.6 is 23.2 Å². The van der Waals surface area contributed by atoms with Crippen LogP contribution in [0.2, 0.25) is 10.0 Å². The summed E-state index contributed by atoms with van der Waals surface area (Å²) in [5, 5.41) is 4.49. The maximum absolute atomic E-state index is 6.04. The van der Waals surface area contributed by atoms with Gasteiger partial charge in [0, 0.05) is 33.4 Å². The van der Waals surface area contributed by atoms with Gasteiger partial charge in [-0.25, -0.2) is 9.97 Å². The van der Waals surface area contributed by atoms with Gasteiger partial charge in [0.2, 0.25) is 0 Å². The molecule has 0 aliphatic heterocycles. The third-order valence-corrected chi connectivity index (χ3v) is 3.49. The van der Waals surface area contributed by atoms with E-state index >= 15 is 0 Å². The number of halogens is 2. The van der Waals surface area contributed by atoms with Gasteiger partial charge in [-0.15, -0.1) is 0 Å². The van der Waals surface area contributed by atoms with Crippen LogP contribution in [0, 0.1) is 13.8 Å². The Morgan fingerprint density at radius 1 is 1.05 bits per heavy atom. The molecule has 0 unspecified atom stereocenters. The maximum Gasteiger partial charge on any atom is 0.161 e. The van der Waals surface area contributed by atoms with E-state index in [9.17, 15) is 0 Å². The number of anilines is 1. The molecule has 1 heterocycles. The number of benzene rings is 1. The van der Waals surface area contributed by atoms with E-state index in [2.05, 4.69) is 22.2 Å². The van der Waals surface area contributed by atoms with E-state index in [0.29, 0.717) is 15.9 Å². The molecule has 0 aliphatic carbocycles. The van der Waals surface area contributed by atoms with Crippen molar-refractivity contribution in [3.05, 3.63) is 39.5 Å². The Morgan fingerprint density at radius 2 is 1.70 bits per heavy atom. The highest BCUT2D eigenvalue weighted by Crippen LogP contribution is 2.27. The van der Waals surface area contributed by atoms with Crippen molar-refractivity contribution in [2.75, 3.05) is 11.9 Å². The molecule has 0 bridgehead atoms. The van der Waals surface area contributed by atoms with E-state index < -0.39 is 0 Å². The summed E-state index contributed by atoms with van der Waals surface area (Å²) in [6.45, 7) is 6.99. The van der Waals surface area contributed by atoms with Crippen molar-refractivity contribution in [2.24, 2.45) is 0 Å². The third-order valence-electron chi connectivity index (χ3n) is 3.05. The Hall–Kier alpha value is -1.32. The van der Waals surface area contributed by atoms with Gasteiger partial charge in [0.25, 0.3) is 0 Å². The van der Waals surface area contributed by atoms with E-state index in [4.69, 9.17) is 23.2 Å². The largest absolute Gasteiger partial charge is 0.370 e. The number of nitrogens with zero attached hydrogens (tertiary/aromatic N) is 2. The highest BCUT2D eigenvalue weighted by atomic mass is 35.5. The number of nitrogens with one attached hydrogen (secondary N) is 1. The van der Waals surface area contributed by atoms with Gasteiger partial charge in [0.05, 0.1) is 0 Å². The second-order valence-corrected chi connectivity index (χ2v) is 5.56. The van der Waals surface area contributed by atoms with Crippen LogP contribution < -0.4 is 5.32 Å². The van der Waals surface area contributed by atoms with Gasteiger partial charge in [0.1, 0.15) is 5.82 Å². The predicted octanol–water partition coefficient (Wildman–Crippen LogP) is 4.89. The molecule has 106 valence electrons. The van der Waals surface area contributed by atoms with Crippen LogP contribution in [-0.4, -0.2) is 16.5 Å². The lowest BCUT2D eigenvalue weighted by Gasteiger charge is -2.12. The van der Waals surface area contributed by atoms with Crippen LogP contribution in [0.1, 0.15) is 24.6 Å². The van der Waals surface area contributed by atoms with E-state index in [1.165, 1.54) is 0 Å². The Bertz CT molecular complexity index is 607. The number of hydrogen-bond donors (Lipinski definition) is 1. The maximum atomic E-state index is 6.04. The third kappa shape index (κ3) is 3.41. The fourth-order valence-corrected chi connectivity index (χ4v) is 2.38. The van der Waals surface area contributed by atoms with Gasteiger partial charge in [-0.05, 0) is 38.5 Å². The zero-order chi connectivity index (χ0) is 14.7. The molecule has 2 rings (SSSR count). The number of hydrogen-bond acceptors (Lipinski definition) is 3. The summed E-state index contributed by atoms with van der Waals surface area (Å²) in [5.41, 5.74) is 2.84. The molecule has 3 nitrogen and oxygen atoms in total. The second kappa shape index (κ2) is 6.42. The summed E-state index contributed by atoms with van der Waals surface area (Å²) < 4.78 is 0. The summed E-state index contributed by atoms with van der Waals surface area (Å²) >= 11 is 12.1. The predicted molar refractivity (Wildman–Crippen MR) is 85.7 cm³/mol. The van der Waals surface area contributed by atoms with Gasteiger partial charge < -0.3 is 5.32 Å². The fourth-order valence-electron chi connectivity index (χ4n) is 1.86. The first-order valence-corrected chi connectivity index (χ1v) is 7.32. The summed E-state index contributed by atoms with van der Waals surface area (Å²) in [6.07, 6.45) is 1.04. The Morgan fingerprint density at radius 3 is 2.30 bits per heavy atom. The first-order chi connectivity index (χ1) is 9.51. The van der Waals surface area contributed by atoms with Crippen molar-refractivity contribution < 1.29 is 0 Å². The number of rotatable bonds is 4. The van der Waals surface area contributed by atoms with E-state index in [-0.39, 0.29) is 0 Å². The molecule has 0 fully saturated rings. The summed E-state index contributed by atoms with van der Waals surface area (Å²) in [6, 6.07) is 5.34. The Balaban J connectivity index is 2.48. The first kappa shape index (κ1) is 15.1. The Kier molecular flexibility index (Phi) is 4.84. The molecule has 0 radical (unpaired) electrons. The molecule has 20 heavy (non-hydrogen) atoms. The number of aryl methyl sites for hydroxylation is 1. The molecule has 2 aromatic rings. The van der Waals surface area contributed by atoms with Crippen molar-refractivity contribution in [1.82, 2.24) is 9.97 Å². The first-order valence-electron chi connectivity index (χ1n) is 6.57. The minimum absolute atomic E-state index is 0.581. The average molecular weight is 310 g/mol. The van der Waals surface area contributed by atoms with Crippen LogP contribution in [0.4, 0.5) is 5.82 Å². The second-order valence-electron chi connectivity index (χ2n) is 4.69. The summed E-state index contributed by atoms with van der Waals surface area (Å²) in [5.74, 6) is 1.50. The van der Waals surface area contributed by atoms with Crippen LogP contribution in [-0.2, 0) is 0 Å². The molecule has 0 aliphatic rings. The van der Waals surface area contributed by atoms with Gasteiger partial charge in [-0.2, -0.15) is 0 Å². The molecule has 0 atom stereocenters. The van der Waals surface area contributed by atoms with Gasteiger partial charge in [-0.3, -0.25) is 0 Å². The van der Waals surface area contributed by atoms with Crippen LogP contribution in [0.3, 0.4) is 0 Å². The summed E-state index contributed by atoms with van der Waals surface area (Å²) in [7, 11) is 0. The topological polar surface area (TPSA) is 37.8 Å². The van der Waals surface area contributed by atoms with Crippen LogP contribution in [0.25, 0.3) is 11.4 Å². The molecule has 1 aromatic carbocycles.